The van der Waals surface area contributed by atoms with Crippen LogP contribution >= 0.6 is 0 Å². The summed E-state index contributed by atoms with van der Waals surface area (Å²) in [6, 6.07) is 0. The smallest absolute Gasteiger partial charge is 0.224 e. The van der Waals surface area contributed by atoms with E-state index in [1.54, 1.807) is 6.08 Å². The number of carbonyl (C=O) groups excluding carboxylic acids is 2. The molecule has 0 heterocycles. The van der Waals surface area contributed by atoms with Crippen molar-refractivity contribution in [1.82, 2.24) is 0 Å². The van der Waals surface area contributed by atoms with Gasteiger partial charge in [0.2, 0.25) is 5.91 Å². The Labute approximate surface area is 143 Å². The van der Waals surface area contributed by atoms with Gasteiger partial charge in [0.1, 0.15) is 12.4 Å². The van der Waals surface area contributed by atoms with Crippen LogP contribution in [0.4, 0.5) is 0 Å². The first-order chi connectivity index (χ1) is 11.4. The Bertz CT molecular complexity index is 565. The first kappa shape index (κ1) is 19.9. The molecule has 2 unspecified atom stereocenters. The first-order valence-corrected chi connectivity index (χ1v) is 8.45. The maximum Gasteiger partial charge on any atom is 0.224 e. The van der Waals surface area contributed by atoms with Crippen molar-refractivity contribution >= 4 is 17.4 Å². The van der Waals surface area contributed by atoms with E-state index in [1.165, 1.54) is 0 Å². The fourth-order valence-electron chi connectivity index (χ4n) is 3.40. The van der Waals surface area contributed by atoms with Gasteiger partial charge in [-0.2, -0.15) is 0 Å². The van der Waals surface area contributed by atoms with Crippen LogP contribution in [0.1, 0.15) is 52.9 Å². The molecule has 1 amide bonds. The Morgan fingerprint density at radius 1 is 1.50 bits per heavy atom. The number of hydrogen-bond acceptors (Lipinski definition) is 5. The van der Waals surface area contributed by atoms with Crippen LogP contribution in [0.2, 0.25) is 0 Å². The summed E-state index contributed by atoms with van der Waals surface area (Å²) < 4.78 is 0. The van der Waals surface area contributed by atoms with Crippen molar-refractivity contribution in [2.75, 3.05) is 6.61 Å². The van der Waals surface area contributed by atoms with Crippen LogP contribution in [0.25, 0.3) is 0 Å². The van der Waals surface area contributed by atoms with Crippen molar-refractivity contribution in [2.45, 2.75) is 52.9 Å². The molecule has 0 bridgehead atoms. The lowest BCUT2D eigenvalue weighted by molar-refractivity contribution is -0.137. The van der Waals surface area contributed by atoms with Gasteiger partial charge in [-0.1, -0.05) is 45.0 Å². The number of nitrogens with zero attached hydrogens (tertiary/aromatic N) is 1. The number of ketones is 1. The van der Waals surface area contributed by atoms with E-state index in [1.807, 2.05) is 20.8 Å². The normalized spacial score (nSPS) is 24.9. The van der Waals surface area contributed by atoms with E-state index < -0.39 is 17.2 Å². The van der Waals surface area contributed by atoms with Crippen LogP contribution in [0, 0.1) is 11.3 Å². The number of primary amides is 1. The molecule has 2 atom stereocenters. The lowest BCUT2D eigenvalue weighted by Gasteiger charge is -2.40. The Morgan fingerprint density at radius 3 is 2.62 bits per heavy atom. The van der Waals surface area contributed by atoms with Crippen molar-refractivity contribution in [1.29, 1.82) is 0 Å². The summed E-state index contributed by atoms with van der Waals surface area (Å²) in [5.41, 5.74) is 5.14. The summed E-state index contributed by atoms with van der Waals surface area (Å²) in [5, 5.41) is 14.8. The van der Waals surface area contributed by atoms with Crippen LogP contribution in [-0.2, 0) is 14.4 Å². The molecule has 0 fully saturated rings. The number of rotatable bonds is 9. The summed E-state index contributed by atoms with van der Waals surface area (Å²) in [4.78, 5) is 29.9. The molecular formula is C18H28N2O4. The highest BCUT2D eigenvalue weighted by Crippen LogP contribution is 2.46. The molecule has 0 aromatic heterocycles. The molecular weight excluding hydrogens is 308 g/mol. The number of hydrogen-bond donors (Lipinski definition) is 2. The monoisotopic (exact) mass is 336 g/mol. The molecule has 0 aromatic rings. The van der Waals surface area contributed by atoms with E-state index in [9.17, 15) is 14.7 Å². The molecule has 1 aliphatic rings. The minimum absolute atomic E-state index is 0.0130. The van der Waals surface area contributed by atoms with Gasteiger partial charge >= 0.3 is 0 Å². The van der Waals surface area contributed by atoms with Gasteiger partial charge in [0.25, 0.3) is 0 Å². The number of aliphatic hydroxyl groups excluding tert-OH is 1. The van der Waals surface area contributed by atoms with E-state index >= 15 is 0 Å². The number of Topliss-reactive ketones (excluding diaryl/α,β-unsaturated/α-hetero) is 1. The van der Waals surface area contributed by atoms with E-state index in [-0.39, 0.29) is 30.1 Å². The molecule has 0 saturated carbocycles. The van der Waals surface area contributed by atoms with E-state index in [4.69, 9.17) is 10.6 Å². The summed E-state index contributed by atoms with van der Waals surface area (Å²) in [5.74, 6) is -1.45. The second-order valence-electron chi connectivity index (χ2n) is 6.07. The third kappa shape index (κ3) is 3.68. The number of nitrogens with two attached hydrogens (primary N) is 1. The standard InChI is InChI=1S/C18H28N2O4/c1-5-9-13(20-24-10-6-2)15-14(21)11-18(8-4,17(19)23)12(7-3)16(15)22/h6,12,22H,2,5,7-11H2,1,3-4H3,(H2,19,23). The number of carbonyl (C=O) groups is 2. The highest BCUT2D eigenvalue weighted by molar-refractivity contribution is 6.24. The number of aliphatic hydroxyl groups is 1. The average molecular weight is 336 g/mol. The van der Waals surface area contributed by atoms with E-state index in [0.717, 1.165) is 6.42 Å². The third-order valence-corrected chi connectivity index (χ3v) is 4.68. The quantitative estimate of drug-likeness (QED) is 0.292. The van der Waals surface area contributed by atoms with Gasteiger partial charge < -0.3 is 15.7 Å². The molecule has 0 saturated heterocycles. The van der Waals surface area contributed by atoms with E-state index in [0.29, 0.717) is 25.0 Å². The molecule has 0 aliphatic heterocycles. The van der Waals surface area contributed by atoms with Gasteiger partial charge in [-0.15, -0.1) is 0 Å². The predicted octanol–water partition coefficient (Wildman–Crippen LogP) is 3.04. The molecule has 0 aromatic carbocycles. The highest BCUT2D eigenvalue weighted by atomic mass is 16.6. The van der Waals surface area contributed by atoms with Crippen LogP contribution < -0.4 is 5.73 Å². The van der Waals surface area contributed by atoms with Crippen molar-refractivity contribution in [3.63, 3.8) is 0 Å². The zero-order valence-corrected chi connectivity index (χ0v) is 14.8. The minimum Gasteiger partial charge on any atom is -0.511 e. The molecule has 134 valence electrons. The van der Waals surface area contributed by atoms with Gasteiger partial charge in [0.05, 0.1) is 16.7 Å². The Balaban J connectivity index is 3.42. The zero-order chi connectivity index (χ0) is 18.3. The van der Waals surface area contributed by atoms with Gasteiger partial charge in [0.15, 0.2) is 5.78 Å². The molecule has 24 heavy (non-hydrogen) atoms. The third-order valence-electron chi connectivity index (χ3n) is 4.68. The maximum atomic E-state index is 12.7. The van der Waals surface area contributed by atoms with Gasteiger partial charge in [0, 0.05) is 12.3 Å². The first-order valence-electron chi connectivity index (χ1n) is 8.45. The fourth-order valence-corrected chi connectivity index (χ4v) is 3.40. The average Bonchev–Trinajstić information content (AvgIpc) is 2.54. The topological polar surface area (TPSA) is 102 Å². The fraction of sp³-hybridized carbons (Fsp3) is 0.611. The van der Waals surface area contributed by atoms with Gasteiger partial charge in [-0.3, -0.25) is 9.59 Å². The Morgan fingerprint density at radius 2 is 2.17 bits per heavy atom. The SMILES string of the molecule is C=CCON=C(CCC)C1=C(O)C(CC)C(CC)(C(N)=O)CC1=O. The molecule has 1 rings (SSSR count). The Hall–Kier alpha value is -2.11. The van der Waals surface area contributed by atoms with Crippen LogP contribution in [0.3, 0.4) is 0 Å². The second kappa shape index (κ2) is 8.66. The van der Waals surface area contributed by atoms with Crippen LogP contribution in [0.15, 0.2) is 29.1 Å². The van der Waals surface area contributed by atoms with Crippen molar-refractivity contribution < 1.29 is 19.5 Å². The number of amides is 1. The van der Waals surface area contributed by atoms with Crippen molar-refractivity contribution in [2.24, 2.45) is 22.2 Å². The molecule has 3 N–H and O–H groups in total. The van der Waals surface area contributed by atoms with Crippen LogP contribution in [-0.4, -0.2) is 29.1 Å². The lowest BCUT2D eigenvalue weighted by atomic mass is 9.62. The minimum atomic E-state index is -1.04. The van der Waals surface area contributed by atoms with E-state index in [2.05, 4.69) is 11.7 Å². The van der Waals surface area contributed by atoms with Crippen LogP contribution in [0.5, 0.6) is 0 Å². The Kier molecular flexibility index (Phi) is 7.19. The molecule has 0 radical (unpaired) electrons. The summed E-state index contributed by atoms with van der Waals surface area (Å²) in [7, 11) is 0. The molecule has 6 heteroatoms. The lowest BCUT2D eigenvalue weighted by Crippen LogP contribution is -2.49. The summed E-state index contributed by atoms with van der Waals surface area (Å²) >= 11 is 0. The maximum absolute atomic E-state index is 12.7. The van der Waals surface area contributed by atoms with Gasteiger partial charge in [-0.25, -0.2) is 0 Å². The molecule has 0 spiro atoms. The molecule has 6 nitrogen and oxygen atoms in total. The zero-order valence-electron chi connectivity index (χ0n) is 14.8. The largest absolute Gasteiger partial charge is 0.511 e. The number of oxime groups is 1. The van der Waals surface area contributed by atoms with Gasteiger partial charge in [-0.05, 0) is 19.3 Å². The summed E-state index contributed by atoms with van der Waals surface area (Å²) in [6.07, 6.45) is 3.68. The number of allylic oxidation sites excluding steroid dienone is 2. The molecule has 1 aliphatic carbocycles. The predicted molar refractivity (Wildman–Crippen MR) is 93.5 cm³/mol. The second-order valence-corrected chi connectivity index (χ2v) is 6.07. The highest BCUT2D eigenvalue weighted by Gasteiger charge is 2.51. The van der Waals surface area contributed by atoms with Crippen molar-refractivity contribution in [3.8, 4) is 0 Å². The van der Waals surface area contributed by atoms with Crippen molar-refractivity contribution in [3.05, 3.63) is 24.0 Å². The summed E-state index contributed by atoms with van der Waals surface area (Å²) in [6.45, 7) is 9.39.